The van der Waals surface area contributed by atoms with Gasteiger partial charge in [-0.3, -0.25) is 5.14 Å². The normalized spacial score (nSPS) is 9.46. The summed E-state index contributed by atoms with van der Waals surface area (Å²) >= 11 is 1.24. The molecular weight excluding hydrogens is 182 g/mol. The molecule has 2 N–H and O–H groups in total. The minimum Gasteiger partial charge on any atom is -0.305 e. The van der Waals surface area contributed by atoms with E-state index in [0.717, 1.165) is 10.4 Å². The Morgan fingerprint density at radius 2 is 2.15 bits per heavy atom. The fourth-order valence-electron chi connectivity index (χ4n) is 0.969. The van der Waals surface area contributed by atoms with E-state index in [1.807, 2.05) is 42.8 Å². The topological polar surface area (TPSA) is 43.3 Å². The van der Waals surface area contributed by atoms with Gasteiger partial charge in [-0.25, -0.2) is 4.98 Å². The number of hydrogen-bond donors (Lipinski definition) is 1. The summed E-state index contributed by atoms with van der Waals surface area (Å²) in [6.45, 7) is 4.00. The molecule has 13 heavy (non-hydrogen) atoms. The Bertz CT molecular complexity index is 370. The summed E-state index contributed by atoms with van der Waals surface area (Å²) in [5.74, 6) is 0. The number of rotatable bonds is 1. The van der Waals surface area contributed by atoms with Gasteiger partial charge >= 0.3 is 0 Å². The predicted octanol–water partition coefficient (Wildman–Crippen LogP) is 2.33. The maximum Gasteiger partial charge on any atom is 0.0992 e. The van der Waals surface area contributed by atoms with Gasteiger partial charge in [0.05, 0.1) is 18.0 Å². The van der Waals surface area contributed by atoms with Gasteiger partial charge in [0.2, 0.25) is 0 Å². The third-order valence-electron chi connectivity index (χ3n) is 1.52. The Labute approximate surface area is 82.1 Å². The third kappa shape index (κ3) is 2.23. The van der Waals surface area contributed by atoms with Crippen molar-refractivity contribution in [2.75, 3.05) is 0 Å². The highest BCUT2D eigenvalue weighted by molar-refractivity contribution is 7.97. The van der Waals surface area contributed by atoms with Gasteiger partial charge in [0.15, 0.2) is 0 Å². The van der Waals surface area contributed by atoms with E-state index in [0.29, 0.717) is 0 Å². The van der Waals surface area contributed by atoms with Crippen molar-refractivity contribution in [3.05, 3.63) is 30.9 Å². The Morgan fingerprint density at radius 1 is 1.38 bits per heavy atom. The van der Waals surface area contributed by atoms with E-state index in [1.165, 1.54) is 11.9 Å². The highest BCUT2D eigenvalue weighted by atomic mass is 32.2. The monoisotopic (exact) mass is 195 g/mol. The van der Waals surface area contributed by atoms with Gasteiger partial charge in [0, 0.05) is 11.1 Å². The minimum absolute atomic E-state index is 1.04. The van der Waals surface area contributed by atoms with Gasteiger partial charge < -0.3 is 4.40 Å². The van der Waals surface area contributed by atoms with Gasteiger partial charge in [-0.05, 0) is 24.1 Å². The van der Waals surface area contributed by atoms with Crippen molar-refractivity contribution in [2.24, 2.45) is 5.14 Å². The molecule has 0 aliphatic carbocycles. The van der Waals surface area contributed by atoms with Gasteiger partial charge in [-0.2, -0.15) is 0 Å². The van der Waals surface area contributed by atoms with Crippen LogP contribution >= 0.6 is 11.9 Å². The average molecular weight is 195 g/mol. The van der Waals surface area contributed by atoms with E-state index in [4.69, 9.17) is 5.14 Å². The van der Waals surface area contributed by atoms with Crippen LogP contribution in [0.2, 0.25) is 0 Å². The van der Waals surface area contributed by atoms with E-state index in [2.05, 4.69) is 4.98 Å². The van der Waals surface area contributed by atoms with Crippen LogP contribution in [-0.4, -0.2) is 9.38 Å². The molecule has 0 aliphatic rings. The summed E-state index contributed by atoms with van der Waals surface area (Å²) in [5.41, 5.74) is 1.09. The van der Waals surface area contributed by atoms with Crippen LogP contribution in [-0.2, 0) is 0 Å². The smallest absolute Gasteiger partial charge is 0.0992 e. The Kier molecular flexibility index (Phi) is 3.79. The lowest BCUT2D eigenvalue weighted by atomic mass is 10.4. The zero-order chi connectivity index (χ0) is 9.68. The van der Waals surface area contributed by atoms with Gasteiger partial charge in [0.1, 0.15) is 0 Å². The molecule has 0 bridgehead atoms. The first-order valence-electron chi connectivity index (χ1n) is 4.18. The van der Waals surface area contributed by atoms with Crippen LogP contribution in [0.3, 0.4) is 0 Å². The van der Waals surface area contributed by atoms with E-state index in [1.54, 1.807) is 6.33 Å². The van der Waals surface area contributed by atoms with Crippen molar-refractivity contribution in [1.29, 1.82) is 0 Å². The van der Waals surface area contributed by atoms with Crippen molar-refractivity contribution in [3.63, 3.8) is 0 Å². The zero-order valence-electron chi connectivity index (χ0n) is 7.77. The summed E-state index contributed by atoms with van der Waals surface area (Å²) < 4.78 is 1.94. The second-order valence-corrected chi connectivity index (χ2v) is 2.92. The van der Waals surface area contributed by atoms with Crippen LogP contribution < -0.4 is 5.14 Å². The van der Waals surface area contributed by atoms with Gasteiger partial charge in [0.25, 0.3) is 0 Å². The third-order valence-corrected chi connectivity index (χ3v) is 2.03. The van der Waals surface area contributed by atoms with Crippen LogP contribution in [0.4, 0.5) is 0 Å². The van der Waals surface area contributed by atoms with E-state index in [9.17, 15) is 0 Å². The highest BCUT2D eigenvalue weighted by Gasteiger charge is 1.93. The van der Waals surface area contributed by atoms with Crippen LogP contribution in [0.1, 0.15) is 13.8 Å². The number of pyridine rings is 1. The van der Waals surface area contributed by atoms with Gasteiger partial charge in [-0.1, -0.05) is 13.8 Å². The maximum atomic E-state index is 5.39. The number of nitrogens with two attached hydrogens (primary N) is 1. The lowest BCUT2D eigenvalue weighted by molar-refractivity contribution is 1.11. The van der Waals surface area contributed by atoms with Crippen molar-refractivity contribution < 1.29 is 0 Å². The van der Waals surface area contributed by atoms with Crippen molar-refractivity contribution in [3.8, 4) is 0 Å². The van der Waals surface area contributed by atoms with Crippen LogP contribution in [0.15, 0.2) is 35.7 Å². The molecule has 0 aliphatic heterocycles. The van der Waals surface area contributed by atoms with E-state index in [-0.39, 0.29) is 0 Å². The molecule has 2 rings (SSSR count). The van der Waals surface area contributed by atoms with Crippen molar-refractivity contribution in [2.45, 2.75) is 18.7 Å². The van der Waals surface area contributed by atoms with Crippen LogP contribution in [0.25, 0.3) is 5.52 Å². The largest absolute Gasteiger partial charge is 0.305 e. The molecule has 0 saturated carbocycles. The Morgan fingerprint density at radius 3 is 2.85 bits per heavy atom. The summed E-state index contributed by atoms with van der Waals surface area (Å²) in [4.78, 5) is 5.03. The number of nitrogens with zero attached hydrogens (tertiary/aromatic N) is 2. The molecule has 3 nitrogen and oxygen atoms in total. The summed E-state index contributed by atoms with van der Waals surface area (Å²) in [5, 5.41) is 5.39. The standard InChI is InChI=1S/C7H7N3S.C2H6/c8-11-7-2-1-6-3-9-5-10(6)4-7;1-2/h1-5H,8H2;1-2H3. The number of fused-ring (bicyclic) bond motifs is 1. The van der Waals surface area contributed by atoms with E-state index >= 15 is 0 Å². The van der Waals surface area contributed by atoms with Crippen LogP contribution in [0.5, 0.6) is 0 Å². The SMILES string of the molecule is CC.NSc1ccc2cncn2c1. The molecule has 0 amide bonds. The first kappa shape index (κ1) is 10.1. The fourth-order valence-corrected chi connectivity index (χ4v) is 1.29. The molecule has 0 aromatic carbocycles. The Balaban J connectivity index is 0.000000396. The molecule has 2 heterocycles. The lowest BCUT2D eigenvalue weighted by Crippen LogP contribution is -1.84. The van der Waals surface area contributed by atoms with Gasteiger partial charge in [-0.15, -0.1) is 0 Å². The van der Waals surface area contributed by atoms with Crippen molar-refractivity contribution >= 4 is 17.5 Å². The molecule has 70 valence electrons. The molecule has 0 unspecified atom stereocenters. The van der Waals surface area contributed by atoms with Crippen molar-refractivity contribution in [1.82, 2.24) is 9.38 Å². The Hall–Kier alpha value is -1.00. The lowest BCUT2D eigenvalue weighted by Gasteiger charge is -1.96. The molecule has 0 radical (unpaired) electrons. The second kappa shape index (κ2) is 4.89. The van der Waals surface area contributed by atoms with Crippen LogP contribution in [0, 0.1) is 0 Å². The fraction of sp³-hybridized carbons (Fsp3) is 0.222. The second-order valence-electron chi connectivity index (χ2n) is 2.21. The summed E-state index contributed by atoms with van der Waals surface area (Å²) in [6.07, 6.45) is 5.52. The number of aromatic nitrogens is 2. The molecule has 0 fully saturated rings. The first-order valence-corrected chi connectivity index (χ1v) is 5.06. The van der Waals surface area contributed by atoms with E-state index < -0.39 is 0 Å². The number of hydrogen-bond acceptors (Lipinski definition) is 3. The first-order chi connectivity index (χ1) is 6.40. The molecular formula is C9H13N3S. The predicted molar refractivity (Wildman–Crippen MR) is 56.6 cm³/mol. The summed E-state index contributed by atoms with van der Waals surface area (Å²) in [6, 6.07) is 3.96. The average Bonchev–Trinajstić information content (AvgIpc) is 2.67. The molecule has 2 aromatic heterocycles. The quantitative estimate of drug-likeness (QED) is 0.710. The number of imidazole rings is 1. The zero-order valence-corrected chi connectivity index (χ0v) is 8.58. The molecule has 2 aromatic rings. The molecule has 0 saturated heterocycles. The molecule has 0 spiro atoms. The highest BCUT2D eigenvalue weighted by Crippen LogP contribution is 2.12. The molecule has 4 heteroatoms. The maximum absolute atomic E-state index is 5.39. The summed E-state index contributed by atoms with van der Waals surface area (Å²) in [7, 11) is 0. The molecule has 0 atom stereocenters. The minimum atomic E-state index is 1.04.